The molecule has 0 aromatic rings. The highest BCUT2D eigenvalue weighted by molar-refractivity contribution is 5.76. The molecular weight excluding hydrogens is 707 g/mol. The van der Waals surface area contributed by atoms with Crippen molar-refractivity contribution in [2.75, 3.05) is 13.2 Å². The highest BCUT2D eigenvalue weighted by atomic mass is 16.7. The lowest BCUT2D eigenvalue weighted by molar-refractivity contribution is -0.302. The van der Waals surface area contributed by atoms with Gasteiger partial charge in [-0.05, 0) is 44.9 Å². The van der Waals surface area contributed by atoms with Gasteiger partial charge in [0, 0.05) is 6.42 Å². The van der Waals surface area contributed by atoms with Crippen LogP contribution in [-0.2, 0) is 14.3 Å². The third-order valence-electron chi connectivity index (χ3n) is 10.9. The van der Waals surface area contributed by atoms with Gasteiger partial charge in [0.2, 0.25) is 5.91 Å². The molecule has 0 aromatic carbocycles. The topological polar surface area (TPSA) is 149 Å². The third kappa shape index (κ3) is 27.9. The SMILES string of the molecule is CCCCCCCCCCCCC/C=C/CC/C=C/CC/C=C/C(O)C(COC1OC(CO)C(O)C(O)C1O)NC(=O)CCCCCCCCCCCCCC. The zero-order chi connectivity index (χ0) is 40.9. The first-order chi connectivity index (χ1) is 27.3. The largest absolute Gasteiger partial charge is 0.394 e. The number of hydrogen-bond acceptors (Lipinski definition) is 8. The Hall–Kier alpha value is -1.59. The van der Waals surface area contributed by atoms with Gasteiger partial charge in [-0.15, -0.1) is 0 Å². The molecule has 0 spiro atoms. The lowest BCUT2D eigenvalue weighted by atomic mass is 9.99. The summed E-state index contributed by atoms with van der Waals surface area (Å²) >= 11 is 0. The molecule has 328 valence electrons. The molecule has 1 amide bonds. The van der Waals surface area contributed by atoms with Crippen LogP contribution in [0.5, 0.6) is 0 Å². The molecule has 0 radical (unpaired) electrons. The van der Waals surface area contributed by atoms with Crippen LogP contribution in [0.4, 0.5) is 0 Å². The maximum atomic E-state index is 12.9. The molecule has 1 saturated heterocycles. The van der Waals surface area contributed by atoms with Gasteiger partial charge < -0.3 is 40.3 Å². The quantitative estimate of drug-likeness (QED) is 0.0268. The van der Waals surface area contributed by atoms with Gasteiger partial charge in [-0.3, -0.25) is 4.79 Å². The van der Waals surface area contributed by atoms with Gasteiger partial charge in [0.1, 0.15) is 24.4 Å². The Kier molecular flexibility index (Phi) is 35.3. The average Bonchev–Trinajstić information content (AvgIpc) is 3.20. The second-order valence-corrected chi connectivity index (χ2v) is 16.2. The van der Waals surface area contributed by atoms with E-state index < -0.39 is 49.5 Å². The van der Waals surface area contributed by atoms with Gasteiger partial charge in [0.15, 0.2) is 6.29 Å². The highest BCUT2D eigenvalue weighted by Gasteiger charge is 2.44. The summed E-state index contributed by atoms with van der Waals surface area (Å²) in [6.45, 7) is 3.74. The predicted molar refractivity (Wildman–Crippen MR) is 230 cm³/mol. The van der Waals surface area contributed by atoms with Gasteiger partial charge in [-0.25, -0.2) is 0 Å². The van der Waals surface area contributed by atoms with Crippen molar-refractivity contribution in [3.63, 3.8) is 0 Å². The fourth-order valence-electron chi connectivity index (χ4n) is 7.19. The summed E-state index contributed by atoms with van der Waals surface area (Å²) in [7, 11) is 0. The molecule has 1 aliphatic rings. The van der Waals surface area contributed by atoms with Crippen molar-refractivity contribution >= 4 is 5.91 Å². The Morgan fingerprint density at radius 1 is 0.589 bits per heavy atom. The minimum absolute atomic E-state index is 0.192. The van der Waals surface area contributed by atoms with Crippen LogP contribution in [0, 0.1) is 0 Å². The fourth-order valence-corrected chi connectivity index (χ4v) is 7.19. The second-order valence-electron chi connectivity index (χ2n) is 16.2. The molecule has 1 fully saturated rings. The molecule has 6 N–H and O–H groups in total. The maximum Gasteiger partial charge on any atom is 0.220 e. The molecule has 1 aliphatic heterocycles. The third-order valence-corrected chi connectivity index (χ3v) is 10.9. The lowest BCUT2D eigenvalue weighted by Crippen LogP contribution is -2.60. The van der Waals surface area contributed by atoms with Crippen molar-refractivity contribution < 1.29 is 39.8 Å². The normalized spacial score (nSPS) is 21.4. The van der Waals surface area contributed by atoms with Crippen LogP contribution < -0.4 is 5.32 Å². The summed E-state index contributed by atoms with van der Waals surface area (Å²) in [6.07, 6.45) is 39.1. The Balaban J connectivity index is 2.38. The average molecular weight is 794 g/mol. The Morgan fingerprint density at radius 3 is 1.50 bits per heavy atom. The standard InChI is InChI=1S/C47H87NO8/c1-3-5-7-9-11-13-15-17-18-19-20-21-22-23-24-25-26-28-30-32-34-36-41(50)40(39-55-47-46(54)45(53)44(52)42(38-49)56-47)48-43(51)37-35-33-31-29-27-16-14-12-10-8-6-4-2/h22-23,26,28,34,36,40-42,44-47,49-50,52-54H,3-21,24-25,27,29-33,35,37-39H2,1-2H3,(H,48,51)/b23-22+,28-26+,36-34+. The number of nitrogens with one attached hydrogen (secondary N) is 1. The Morgan fingerprint density at radius 2 is 1.02 bits per heavy atom. The minimum atomic E-state index is -1.57. The lowest BCUT2D eigenvalue weighted by Gasteiger charge is -2.40. The van der Waals surface area contributed by atoms with E-state index >= 15 is 0 Å². The summed E-state index contributed by atoms with van der Waals surface area (Å²) in [5.74, 6) is -0.192. The molecule has 0 saturated carbocycles. The van der Waals surface area contributed by atoms with Gasteiger partial charge >= 0.3 is 0 Å². The van der Waals surface area contributed by atoms with E-state index in [9.17, 15) is 30.3 Å². The number of aliphatic hydroxyl groups is 5. The molecule has 0 bridgehead atoms. The van der Waals surface area contributed by atoms with Gasteiger partial charge in [0.05, 0.1) is 25.4 Å². The number of carbonyl (C=O) groups excluding carboxylic acids is 1. The van der Waals surface area contributed by atoms with Gasteiger partial charge in [-0.2, -0.15) is 0 Å². The summed E-state index contributed by atoms with van der Waals surface area (Å²) in [6, 6.07) is -0.823. The maximum absolute atomic E-state index is 12.9. The molecule has 9 nitrogen and oxygen atoms in total. The monoisotopic (exact) mass is 794 g/mol. The van der Waals surface area contributed by atoms with Crippen molar-refractivity contribution in [2.45, 2.75) is 243 Å². The van der Waals surface area contributed by atoms with Crippen LogP contribution in [0.25, 0.3) is 0 Å². The number of unbranched alkanes of at least 4 members (excludes halogenated alkanes) is 24. The van der Waals surface area contributed by atoms with Crippen molar-refractivity contribution in [3.05, 3.63) is 36.5 Å². The summed E-state index contributed by atoms with van der Waals surface area (Å²) < 4.78 is 11.2. The van der Waals surface area contributed by atoms with Crippen LogP contribution in [0.15, 0.2) is 36.5 Å². The van der Waals surface area contributed by atoms with Crippen molar-refractivity contribution in [1.82, 2.24) is 5.32 Å². The number of aliphatic hydroxyl groups excluding tert-OH is 5. The number of allylic oxidation sites excluding steroid dienone is 5. The molecule has 0 aromatic heterocycles. The van der Waals surface area contributed by atoms with E-state index in [1.54, 1.807) is 6.08 Å². The van der Waals surface area contributed by atoms with Crippen LogP contribution >= 0.6 is 0 Å². The van der Waals surface area contributed by atoms with Crippen LogP contribution in [0.3, 0.4) is 0 Å². The van der Waals surface area contributed by atoms with Crippen LogP contribution in [-0.4, -0.2) is 87.5 Å². The molecule has 9 heteroatoms. The van der Waals surface area contributed by atoms with Crippen molar-refractivity contribution in [2.24, 2.45) is 0 Å². The van der Waals surface area contributed by atoms with Crippen molar-refractivity contribution in [1.29, 1.82) is 0 Å². The summed E-state index contributed by atoms with van der Waals surface area (Å²) in [5, 5.41) is 54.1. The van der Waals surface area contributed by atoms with Crippen molar-refractivity contribution in [3.8, 4) is 0 Å². The van der Waals surface area contributed by atoms with E-state index in [0.717, 1.165) is 44.9 Å². The first kappa shape index (κ1) is 52.4. The first-order valence-electron chi connectivity index (χ1n) is 23.2. The van der Waals surface area contributed by atoms with E-state index in [1.807, 2.05) is 6.08 Å². The molecule has 1 rings (SSSR count). The molecule has 7 unspecified atom stereocenters. The van der Waals surface area contributed by atoms with E-state index in [1.165, 1.54) is 135 Å². The summed E-state index contributed by atoms with van der Waals surface area (Å²) in [4.78, 5) is 12.9. The van der Waals surface area contributed by atoms with E-state index in [2.05, 4.69) is 43.5 Å². The highest BCUT2D eigenvalue weighted by Crippen LogP contribution is 2.22. The van der Waals surface area contributed by atoms with Gasteiger partial charge in [0.25, 0.3) is 0 Å². The van der Waals surface area contributed by atoms with E-state index in [-0.39, 0.29) is 12.5 Å². The number of rotatable bonds is 38. The molecule has 0 aliphatic carbocycles. The minimum Gasteiger partial charge on any atom is -0.394 e. The molecule has 1 heterocycles. The Bertz CT molecular complexity index is 972. The van der Waals surface area contributed by atoms with Crippen LogP contribution in [0.1, 0.15) is 200 Å². The fraction of sp³-hybridized carbons (Fsp3) is 0.851. The molecule has 56 heavy (non-hydrogen) atoms. The second kappa shape index (κ2) is 37.7. The number of amides is 1. The van der Waals surface area contributed by atoms with Crippen LogP contribution in [0.2, 0.25) is 0 Å². The zero-order valence-corrected chi connectivity index (χ0v) is 35.9. The Labute approximate surface area is 342 Å². The summed E-state index contributed by atoms with van der Waals surface area (Å²) in [5.41, 5.74) is 0. The molecule has 7 atom stereocenters. The first-order valence-corrected chi connectivity index (χ1v) is 23.2. The van der Waals surface area contributed by atoms with Gasteiger partial charge in [-0.1, -0.05) is 185 Å². The molecular formula is C47H87NO8. The number of hydrogen-bond donors (Lipinski definition) is 6. The zero-order valence-electron chi connectivity index (χ0n) is 35.9. The number of carbonyl (C=O) groups is 1. The smallest absolute Gasteiger partial charge is 0.220 e. The van der Waals surface area contributed by atoms with E-state index in [4.69, 9.17) is 9.47 Å². The number of ether oxygens (including phenoxy) is 2. The predicted octanol–water partition coefficient (Wildman–Crippen LogP) is 9.67. The van der Waals surface area contributed by atoms with E-state index in [0.29, 0.717) is 6.42 Å².